The number of carboxylic acid groups (broad SMARTS) is 1. The van der Waals surface area contributed by atoms with Crippen LogP contribution in [0.1, 0.15) is 53.9 Å². The molecule has 2 aromatic heterocycles. The molecule has 1 aliphatic carbocycles. The van der Waals surface area contributed by atoms with Gasteiger partial charge in [0.15, 0.2) is 0 Å². The normalized spacial score (nSPS) is 13.8. The van der Waals surface area contributed by atoms with Crippen LogP contribution in [0.2, 0.25) is 0 Å². The summed E-state index contributed by atoms with van der Waals surface area (Å²) in [6, 6.07) is 11.1. The van der Waals surface area contributed by atoms with E-state index in [1.54, 1.807) is 26.5 Å². The average Bonchev–Trinajstić information content (AvgIpc) is 3.48. The minimum Gasteiger partial charge on any atom is -0.497 e. The first kappa shape index (κ1) is 24.5. The minimum absolute atomic E-state index is 0.348. The Morgan fingerprint density at radius 2 is 1.91 bits per heavy atom. The van der Waals surface area contributed by atoms with Crippen LogP contribution in [0, 0.1) is 12.8 Å². The lowest BCUT2D eigenvalue weighted by Crippen LogP contribution is -2.16. The molecule has 0 amide bonds. The number of ether oxygens (including phenoxy) is 2. The van der Waals surface area contributed by atoms with Crippen molar-refractivity contribution in [1.82, 2.24) is 4.57 Å². The Hall–Kier alpha value is -3.19. The fraction of sp³-hybridized carbons (Fsp3) is 0.423. The number of furan rings is 1. The molecule has 0 unspecified atom stereocenters. The van der Waals surface area contributed by atoms with E-state index in [0.717, 1.165) is 35.0 Å². The first-order valence-corrected chi connectivity index (χ1v) is 11.4. The molecule has 0 radical (unpaired) electrons. The van der Waals surface area contributed by atoms with E-state index in [0.29, 0.717) is 23.8 Å². The molecule has 7 heteroatoms. The monoisotopic (exact) mass is 454 g/mol. The van der Waals surface area contributed by atoms with E-state index in [4.69, 9.17) is 19.6 Å². The highest BCUT2D eigenvalue weighted by atomic mass is 16.5. The van der Waals surface area contributed by atoms with Gasteiger partial charge in [-0.2, -0.15) is 0 Å². The molecule has 0 spiro atoms. The van der Waals surface area contributed by atoms with Crippen LogP contribution in [0.25, 0.3) is 11.3 Å². The van der Waals surface area contributed by atoms with Crippen LogP contribution < -0.4 is 15.2 Å². The van der Waals surface area contributed by atoms with Crippen molar-refractivity contribution in [3.63, 3.8) is 0 Å². The van der Waals surface area contributed by atoms with Gasteiger partial charge in [-0.3, -0.25) is 0 Å². The van der Waals surface area contributed by atoms with E-state index in [9.17, 15) is 9.90 Å². The zero-order valence-electron chi connectivity index (χ0n) is 19.7. The topological polar surface area (TPSA) is 99.9 Å². The van der Waals surface area contributed by atoms with Gasteiger partial charge in [-0.25, -0.2) is 4.79 Å². The molecule has 2 heterocycles. The maximum atomic E-state index is 11.7. The summed E-state index contributed by atoms with van der Waals surface area (Å²) in [7, 11) is 3.26. The third-order valence-electron chi connectivity index (χ3n) is 6.23. The number of carbonyl (C=O) groups is 1. The van der Waals surface area contributed by atoms with Gasteiger partial charge in [-0.15, -0.1) is 0 Å². The van der Waals surface area contributed by atoms with Gasteiger partial charge in [0.1, 0.15) is 17.3 Å². The van der Waals surface area contributed by atoms with E-state index in [1.807, 2.05) is 37.3 Å². The number of benzene rings is 1. The van der Waals surface area contributed by atoms with Gasteiger partial charge in [-0.05, 0) is 62.1 Å². The quantitative estimate of drug-likeness (QED) is 0.489. The van der Waals surface area contributed by atoms with Gasteiger partial charge in [0.25, 0.3) is 0 Å². The molecule has 1 fully saturated rings. The third kappa shape index (κ3) is 5.99. The number of nitrogens with zero attached hydrogens (tertiary/aromatic N) is 1. The highest BCUT2D eigenvalue weighted by Gasteiger charge is 2.23. The van der Waals surface area contributed by atoms with Crippen LogP contribution in [0.15, 0.2) is 47.1 Å². The molecule has 33 heavy (non-hydrogen) atoms. The van der Waals surface area contributed by atoms with Crippen LogP contribution in [-0.4, -0.2) is 29.9 Å². The smallest absolute Gasteiger partial charge is 0.337 e. The van der Waals surface area contributed by atoms with Gasteiger partial charge < -0.3 is 29.3 Å². The second-order valence-electron chi connectivity index (χ2n) is 8.30. The van der Waals surface area contributed by atoms with E-state index < -0.39 is 5.97 Å². The van der Waals surface area contributed by atoms with Crippen molar-refractivity contribution in [2.45, 2.75) is 52.1 Å². The average molecular weight is 455 g/mol. The largest absolute Gasteiger partial charge is 0.497 e. The summed E-state index contributed by atoms with van der Waals surface area (Å²) >= 11 is 0. The van der Waals surface area contributed by atoms with Crippen molar-refractivity contribution >= 4 is 5.97 Å². The molecule has 178 valence electrons. The van der Waals surface area contributed by atoms with Gasteiger partial charge in [0.05, 0.1) is 38.3 Å². The van der Waals surface area contributed by atoms with Crippen molar-refractivity contribution in [3.05, 3.63) is 59.7 Å². The Kier molecular flexibility index (Phi) is 8.60. The first-order valence-electron chi connectivity index (χ1n) is 11.4. The lowest BCUT2D eigenvalue weighted by molar-refractivity contribution is 0.0696. The van der Waals surface area contributed by atoms with Crippen LogP contribution in [0.4, 0.5) is 0 Å². The summed E-state index contributed by atoms with van der Waals surface area (Å²) in [5.41, 5.74) is 8.08. The third-order valence-corrected chi connectivity index (χ3v) is 6.23. The highest BCUT2D eigenvalue weighted by molar-refractivity contribution is 5.91. The number of aromatic carboxylic acids is 1. The van der Waals surface area contributed by atoms with Crippen molar-refractivity contribution in [1.29, 1.82) is 0 Å². The van der Waals surface area contributed by atoms with Gasteiger partial charge >= 0.3 is 5.97 Å². The Morgan fingerprint density at radius 3 is 2.45 bits per heavy atom. The summed E-state index contributed by atoms with van der Waals surface area (Å²) in [6.07, 6.45) is 7.84. The van der Waals surface area contributed by atoms with Crippen molar-refractivity contribution < 1.29 is 23.8 Å². The number of nitrogens with two attached hydrogens (primary N) is 1. The number of methoxy groups -OCH3 is 2. The Labute approximate surface area is 195 Å². The first-order chi connectivity index (χ1) is 16.0. The van der Waals surface area contributed by atoms with Gasteiger partial charge in [0, 0.05) is 17.8 Å². The highest BCUT2D eigenvalue weighted by Crippen LogP contribution is 2.37. The summed E-state index contributed by atoms with van der Waals surface area (Å²) in [6.45, 7) is 3.23. The van der Waals surface area contributed by atoms with Crippen LogP contribution in [0.3, 0.4) is 0 Å². The number of hydrogen-bond donors (Lipinski definition) is 2. The van der Waals surface area contributed by atoms with E-state index in [-0.39, 0.29) is 0 Å². The number of rotatable bonds is 7. The van der Waals surface area contributed by atoms with E-state index in [1.165, 1.54) is 32.1 Å². The molecular formula is C26H34N2O5. The maximum absolute atomic E-state index is 11.7. The van der Waals surface area contributed by atoms with Crippen molar-refractivity contribution in [2.24, 2.45) is 11.7 Å². The van der Waals surface area contributed by atoms with E-state index in [2.05, 4.69) is 4.57 Å². The maximum Gasteiger partial charge on any atom is 0.337 e. The molecule has 1 saturated carbocycles. The van der Waals surface area contributed by atoms with Crippen LogP contribution >= 0.6 is 0 Å². The Balaban J connectivity index is 0.000000374. The number of carboxylic acids is 1. The fourth-order valence-electron chi connectivity index (χ4n) is 4.39. The van der Waals surface area contributed by atoms with Gasteiger partial charge in [0.2, 0.25) is 0 Å². The Bertz CT molecular complexity index is 1030. The molecular weight excluding hydrogens is 420 g/mol. The molecule has 0 bridgehead atoms. The molecule has 0 atom stereocenters. The second-order valence-corrected chi connectivity index (χ2v) is 8.30. The summed E-state index contributed by atoms with van der Waals surface area (Å²) in [4.78, 5) is 11.7. The summed E-state index contributed by atoms with van der Waals surface area (Å²) in [5, 5.41) is 9.61. The molecule has 1 aromatic carbocycles. The standard InChI is InChI=1S/C21H27NO4.C5H7NO/c1-14-17(21(23)24)12-19(22(14)13-15-7-5-4-6-8-15)18-11-16(25-2)9-10-20(18)26-3;6-4-5-2-1-3-7-5/h9-12,15H,4-8,13H2,1-3H3,(H,23,24);1-3H,4,6H2. The van der Waals surface area contributed by atoms with Gasteiger partial charge in [-0.1, -0.05) is 19.3 Å². The minimum atomic E-state index is -0.895. The van der Waals surface area contributed by atoms with E-state index >= 15 is 0 Å². The lowest BCUT2D eigenvalue weighted by Gasteiger charge is -2.24. The predicted molar refractivity (Wildman–Crippen MR) is 128 cm³/mol. The molecule has 3 N–H and O–H groups in total. The molecule has 7 nitrogen and oxygen atoms in total. The van der Waals surface area contributed by atoms with Crippen molar-refractivity contribution in [3.8, 4) is 22.8 Å². The Morgan fingerprint density at radius 1 is 1.15 bits per heavy atom. The molecule has 4 rings (SSSR count). The van der Waals surface area contributed by atoms with Crippen LogP contribution in [0.5, 0.6) is 11.5 Å². The van der Waals surface area contributed by atoms with Crippen molar-refractivity contribution in [2.75, 3.05) is 14.2 Å². The number of aromatic nitrogens is 1. The molecule has 0 aliphatic heterocycles. The number of hydrogen-bond acceptors (Lipinski definition) is 5. The SMILES string of the molecule is COc1ccc(OC)c(-c2cc(C(=O)O)c(C)n2CC2CCCCC2)c1.NCc1ccco1. The lowest BCUT2D eigenvalue weighted by atomic mass is 9.89. The summed E-state index contributed by atoms with van der Waals surface area (Å²) < 4.78 is 17.9. The predicted octanol–water partition coefficient (Wildman–Crippen LogP) is 5.50. The van der Waals surface area contributed by atoms with Crippen LogP contribution in [-0.2, 0) is 13.1 Å². The second kappa shape index (κ2) is 11.6. The molecule has 3 aromatic rings. The molecule has 0 saturated heterocycles. The summed E-state index contributed by atoms with van der Waals surface area (Å²) in [5.74, 6) is 1.96. The fourth-order valence-corrected chi connectivity index (χ4v) is 4.39. The zero-order valence-corrected chi connectivity index (χ0v) is 19.7. The zero-order chi connectivity index (χ0) is 23.8. The molecule has 1 aliphatic rings.